The molecule has 2 saturated carbocycles. The highest BCUT2D eigenvalue weighted by Gasteiger charge is 2.42. The van der Waals surface area contributed by atoms with Gasteiger partial charge in [0.05, 0.1) is 69.5 Å². The summed E-state index contributed by atoms with van der Waals surface area (Å²) in [6.45, 7) is 1.04. The van der Waals surface area contributed by atoms with Gasteiger partial charge in [-0.3, -0.25) is 24.0 Å². The number of hydrogen-bond donors (Lipinski definition) is 5. The Labute approximate surface area is 435 Å². The maximum atomic E-state index is 13.2. The highest BCUT2D eigenvalue weighted by atomic mass is 35.5. The molecule has 6 rings (SSSR count). The minimum atomic E-state index is -0.838. The number of halogens is 2. The number of hydrogen-bond acceptors (Lipinski definition) is 13. The van der Waals surface area contributed by atoms with Crippen LogP contribution >= 0.6 is 23.2 Å². The van der Waals surface area contributed by atoms with Crippen molar-refractivity contribution in [1.82, 2.24) is 5.32 Å². The Morgan fingerprint density at radius 2 is 1.04 bits per heavy atom. The Morgan fingerprint density at radius 3 is 1.44 bits per heavy atom. The van der Waals surface area contributed by atoms with E-state index in [1.807, 2.05) is 12.1 Å². The van der Waals surface area contributed by atoms with E-state index in [1.165, 1.54) is 44.6 Å². The molecule has 6 N–H and O–H groups in total. The molecule has 2 fully saturated rings. The molecule has 4 aromatic rings. The van der Waals surface area contributed by atoms with Crippen LogP contribution < -0.4 is 21.7 Å². The number of rotatable bonds is 19. The van der Waals surface area contributed by atoms with Gasteiger partial charge in [-0.1, -0.05) is 73.2 Å². The number of aliphatic carboxylic acids is 1. The average Bonchev–Trinajstić information content (AvgIpc) is 4.10. The lowest BCUT2D eigenvalue weighted by Crippen LogP contribution is -2.49. The number of ether oxygens (including phenoxy) is 4. The van der Waals surface area contributed by atoms with Gasteiger partial charge in [0.2, 0.25) is 5.91 Å². The number of carbonyl (C=O) groups is 6. The van der Waals surface area contributed by atoms with Crippen molar-refractivity contribution in [2.75, 3.05) is 52.3 Å². The SMILES string of the molecule is COC(=O)C(N)Cc1ccc(NC(=O)c2cc(C#N)ccc2Cl)cc1.COCCC1(C(=O)N[C@@H](Cc2ccc(NC(=O)c3cc(C#N)ccc3Cl)cc2)C(=O)OC)CCCC1.COCCC1(C(=O)O)CCCC1. The number of nitriles is 2. The smallest absolute Gasteiger partial charge is 0.328 e. The number of esters is 2. The summed E-state index contributed by atoms with van der Waals surface area (Å²) >= 11 is 12.1. The van der Waals surface area contributed by atoms with Crippen LogP contribution in [-0.2, 0) is 51.0 Å². The molecule has 0 radical (unpaired) electrons. The molecule has 2 aliphatic carbocycles. The second-order valence-corrected chi connectivity index (χ2v) is 18.6. The van der Waals surface area contributed by atoms with Crippen molar-refractivity contribution in [2.24, 2.45) is 16.6 Å². The van der Waals surface area contributed by atoms with E-state index in [-0.39, 0.29) is 33.5 Å². The first-order valence-corrected chi connectivity index (χ1v) is 24.4. The molecule has 3 amide bonds. The molecule has 0 bridgehead atoms. The predicted molar refractivity (Wildman–Crippen MR) is 275 cm³/mol. The molecule has 388 valence electrons. The lowest BCUT2D eigenvalue weighted by Gasteiger charge is -2.29. The van der Waals surface area contributed by atoms with Gasteiger partial charge in [-0.05, 0) is 117 Å². The molecular weight excluding hydrogens is 980 g/mol. The van der Waals surface area contributed by atoms with E-state index in [4.69, 9.17) is 58.8 Å². The zero-order valence-corrected chi connectivity index (χ0v) is 42.9. The fraction of sp³-hybridized carbons (Fsp3) is 0.407. The van der Waals surface area contributed by atoms with Gasteiger partial charge >= 0.3 is 17.9 Å². The summed E-state index contributed by atoms with van der Waals surface area (Å²) in [7, 11) is 5.81. The lowest BCUT2D eigenvalue weighted by molar-refractivity contribution is -0.149. The van der Waals surface area contributed by atoms with Gasteiger partial charge in [0, 0.05) is 45.2 Å². The summed E-state index contributed by atoms with van der Waals surface area (Å²) in [5.41, 5.74) is 8.51. The number of carbonyl (C=O) groups excluding carboxylic acids is 5. The molecule has 0 aromatic heterocycles. The number of amides is 3. The maximum absolute atomic E-state index is 13.2. The van der Waals surface area contributed by atoms with Crippen LogP contribution in [-0.4, -0.2) is 94.5 Å². The highest BCUT2D eigenvalue weighted by molar-refractivity contribution is 6.35. The van der Waals surface area contributed by atoms with Gasteiger partial charge in [-0.25, -0.2) is 4.79 Å². The zero-order chi connectivity index (χ0) is 53.6. The van der Waals surface area contributed by atoms with Crippen molar-refractivity contribution in [3.8, 4) is 12.1 Å². The van der Waals surface area contributed by atoms with Gasteiger partial charge in [-0.15, -0.1) is 0 Å². The van der Waals surface area contributed by atoms with Crippen LogP contribution in [0, 0.1) is 33.5 Å². The lowest BCUT2D eigenvalue weighted by atomic mass is 9.81. The standard InChI is InChI=1S/C27H30ClN3O5.C18H16ClN3O3.C9H16O3/c1-35-14-13-27(11-3-4-12-27)26(34)31-23(25(33)36-2)16-18-5-8-20(9-6-18)30-24(32)21-15-19(17-29)7-10-22(21)28;1-25-18(24)16(21)9-11-2-5-13(6-3-11)22-17(23)14-8-12(10-20)4-7-15(14)19;1-12-7-6-9(8(10)11)4-2-3-5-9/h5-10,15,23H,3-4,11-14,16H2,1-2H3,(H,30,32)(H,31,34);2-8,16H,9,21H2,1H3,(H,22,23);2-7H2,1H3,(H,10,11)/t23-;;/m0../s1. The van der Waals surface area contributed by atoms with Crippen molar-refractivity contribution in [3.63, 3.8) is 0 Å². The number of nitrogens with two attached hydrogens (primary N) is 1. The second kappa shape index (κ2) is 29.0. The van der Waals surface area contributed by atoms with E-state index < -0.39 is 52.6 Å². The molecule has 17 nitrogen and oxygen atoms in total. The highest BCUT2D eigenvalue weighted by Crippen LogP contribution is 2.42. The Balaban J connectivity index is 0.000000268. The Morgan fingerprint density at radius 1 is 0.630 bits per heavy atom. The predicted octanol–water partition coefficient (Wildman–Crippen LogP) is 8.44. The molecule has 1 unspecified atom stereocenters. The van der Waals surface area contributed by atoms with Crippen LogP contribution in [0.2, 0.25) is 10.0 Å². The number of methoxy groups -OCH3 is 4. The summed E-state index contributed by atoms with van der Waals surface area (Å²) < 4.78 is 19.7. The summed E-state index contributed by atoms with van der Waals surface area (Å²) in [5, 5.41) is 35.9. The number of anilines is 2. The molecule has 4 aromatic carbocycles. The van der Waals surface area contributed by atoms with E-state index in [9.17, 15) is 28.8 Å². The Bertz CT molecular complexity index is 2620. The fourth-order valence-corrected chi connectivity index (χ4v) is 9.02. The molecule has 0 spiro atoms. The molecule has 2 atom stereocenters. The first-order chi connectivity index (χ1) is 35.0. The number of nitrogens with one attached hydrogen (secondary N) is 3. The molecular formula is C54H62Cl2N6O11. The minimum Gasteiger partial charge on any atom is -0.481 e. The maximum Gasteiger partial charge on any atom is 0.328 e. The minimum absolute atomic E-state index is 0.146. The van der Waals surface area contributed by atoms with Crippen LogP contribution in [0.3, 0.4) is 0 Å². The number of carboxylic acid groups (broad SMARTS) is 1. The molecule has 0 heterocycles. The Hall–Kier alpha value is -6.86. The number of carboxylic acids is 1. The quantitative estimate of drug-likeness (QED) is 0.0552. The average molecular weight is 1040 g/mol. The van der Waals surface area contributed by atoms with Gasteiger partial charge in [0.25, 0.3) is 11.8 Å². The topological polar surface area (TPSA) is 269 Å². The molecule has 0 aliphatic heterocycles. The third-order valence-corrected chi connectivity index (χ3v) is 13.6. The molecule has 73 heavy (non-hydrogen) atoms. The number of nitrogens with zero attached hydrogens (tertiary/aromatic N) is 2. The summed E-state index contributed by atoms with van der Waals surface area (Å²) in [6.07, 6.45) is 9.08. The summed E-state index contributed by atoms with van der Waals surface area (Å²) in [5.74, 6) is -2.65. The van der Waals surface area contributed by atoms with Crippen LogP contribution in [0.4, 0.5) is 11.4 Å². The van der Waals surface area contributed by atoms with Crippen molar-refractivity contribution < 1.29 is 52.8 Å². The molecule has 19 heteroatoms. The number of benzene rings is 4. The van der Waals surface area contributed by atoms with E-state index in [2.05, 4.69) is 20.7 Å². The van der Waals surface area contributed by atoms with Gasteiger partial charge in [0.1, 0.15) is 12.1 Å². The second-order valence-electron chi connectivity index (χ2n) is 17.8. The largest absolute Gasteiger partial charge is 0.481 e. The van der Waals surface area contributed by atoms with Crippen LogP contribution in [0.5, 0.6) is 0 Å². The van der Waals surface area contributed by atoms with Gasteiger partial charge in [-0.2, -0.15) is 10.5 Å². The summed E-state index contributed by atoms with van der Waals surface area (Å²) in [4.78, 5) is 72.9. The fourth-order valence-electron chi connectivity index (χ4n) is 8.61. The van der Waals surface area contributed by atoms with E-state index in [1.54, 1.807) is 68.8 Å². The van der Waals surface area contributed by atoms with Crippen molar-refractivity contribution in [2.45, 2.75) is 89.1 Å². The van der Waals surface area contributed by atoms with E-state index in [0.29, 0.717) is 55.0 Å². The molecule has 0 saturated heterocycles. The van der Waals surface area contributed by atoms with Crippen molar-refractivity contribution in [3.05, 3.63) is 128 Å². The zero-order valence-electron chi connectivity index (χ0n) is 41.4. The summed E-state index contributed by atoms with van der Waals surface area (Å²) in [6, 6.07) is 25.1. The first kappa shape index (κ1) is 58.7. The van der Waals surface area contributed by atoms with E-state index in [0.717, 1.165) is 62.5 Å². The van der Waals surface area contributed by atoms with Gasteiger partial charge < -0.3 is 45.7 Å². The molecule has 2 aliphatic rings. The van der Waals surface area contributed by atoms with Crippen LogP contribution in [0.1, 0.15) is 107 Å². The normalized spacial score (nSPS) is 14.7. The van der Waals surface area contributed by atoms with Gasteiger partial charge in [0.15, 0.2) is 0 Å². The monoisotopic (exact) mass is 1040 g/mol. The third kappa shape index (κ3) is 17.1. The first-order valence-electron chi connectivity index (χ1n) is 23.6. The third-order valence-electron chi connectivity index (χ3n) is 12.9. The van der Waals surface area contributed by atoms with Crippen molar-refractivity contribution >= 4 is 70.2 Å². The van der Waals surface area contributed by atoms with Crippen LogP contribution in [0.25, 0.3) is 0 Å². The van der Waals surface area contributed by atoms with E-state index >= 15 is 0 Å². The Kier molecular flexibility index (Phi) is 23.3. The van der Waals surface area contributed by atoms with Crippen LogP contribution in [0.15, 0.2) is 84.9 Å². The van der Waals surface area contributed by atoms with Crippen molar-refractivity contribution in [1.29, 1.82) is 10.5 Å².